The predicted octanol–water partition coefficient (Wildman–Crippen LogP) is 4.95. The Hall–Kier alpha value is -2.58. The highest BCUT2D eigenvalue weighted by Crippen LogP contribution is 2.13. The van der Waals surface area contributed by atoms with E-state index in [4.69, 9.17) is 4.74 Å². The molecule has 1 radical (unpaired) electrons. The van der Waals surface area contributed by atoms with Gasteiger partial charge in [-0.15, -0.1) is 0 Å². The molecule has 3 aromatic carbocycles. The van der Waals surface area contributed by atoms with Crippen LogP contribution in [0.5, 0.6) is 5.75 Å². The summed E-state index contributed by atoms with van der Waals surface area (Å²) in [4.78, 5) is 2.42. The first-order valence-electron chi connectivity index (χ1n) is 8.64. The summed E-state index contributed by atoms with van der Waals surface area (Å²) in [5.74, 6) is 0.895. The first-order valence-corrected chi connectivity index (χ1v) is 8.64. The Labute approximate surface area is 150 Å². The molecule has 3 aromatic rings. The largest absolute Gasteiger partial charge is 0.492 e. The lowest BCUT2D eigenvalue weighted by Gasteiger charge is -2.23. The Balaban J connectivity index is 1.60. The molecule has 0 aromatic heterocycles. The average molecular weight is 330 g/mol. The molecule has 2 nitrogen and oxygen atoms in total. The first kappa shape index (κ1) is 17.2. The Morgan fingerprint density at radius 2 is 1.20 bits per heavy atom. The molecule has 127 valence electrons. The topological polar surface area (TPSA) is 12.5 Å². The van der Waals surface area contributed by atoms with Crippen LogP contribution in [-0.2, 0) is 13.1 Å². The SMILES string of the molecule is [CH2]c1ccc(OCCN(Cc2ccccc2)Cc2ccccc2)cc1. The smallest absolute Gasteiger partial charge is 0.119 e. The summed E-state index contributed by atoms with van der Waals surface area (Å²) < 4.78 is 5.90. The van der Waals surface area contributed by atoms with Crippen LogP contribution in [-0.4, -0.2) is 18.1 Å². The zero-order chi connectivity index (χ0) is 17.3. The van der Waals surface area contributed by atoms with Crippen molar-refractivity contribution < 1.29 is 4.74 Å². The van der Waals surface area contributed by atoms with Crippen molar-refractivity contribution in [2.75, 3.05) is 13.2 Å². The van der Waals surface area contributed by atoms with Crippen molar-refractivity contribution in [1.82, 2.24) is 4.90 Å². The number of ether oxygens (including phenoxy) is 1. The van der Waals surface area contributed by atoms with Gasteiger partial charge in [0, 0.05) is 19.6 Å². The lowest BCUT2D eigenvalue weighted by atomic mass is 10.1. The minimum absolute atomic E-state index is 0.663. The van der Waals surface area contributed by atoms with Gasteiger partial charge in [0.25, 0.3) is 0 Å². The van der Waals surface area contributed by atoms with E-state index in [1.54, 1.807) is 0 Å². The summed E-state index contributed by atoms with van der Waals surface area (Å²) in [6.07, 6.45) is 0. The standard InChI is InChI=1S/C23H24NO/c1-20-12-14-23(15-13-20)25-17-16-24(18-21-8-4-2-5-9-21)19-22-10-6-3-7-11-22/h2-15H,1,16-19H2. The monoisotopic (exact) mass is 330 g/mol. The lowest BCUT2D eigenvalue weighted by molar-refractivity contribution is 0.196. The number of rotatable bonds is 8. The summed E-state index contributed by atoms with van der Waals surface area (Å²) in [5, 5.41) is 0. The Kier molecular flexibility index (Phi) is 6.24. The van der Waals surface area contributed by atoms with E-state index < -0.39 is 0 Å². The molecule has 2 heteroatoms. The Morgan fingerprint density at radius 1 is 0.680 bits per heavy atom. The van der Waals surface area contributed by atoms with Crippen LogP contribution >= 0.6 is 0 Å². The van der Waals surface area contributed by atoms with Gasteiger partial charge in [0.15, 0.2) is 0 Å². The van der Waals surface area contributed by atoms with Gasteiger partial charge in [-0.25, -0.2) is 0 Å². The number of benzene rings is 3. The third-order valence-corrected chi connectivity index (χ3v) is 4.10. The molecule has 0 fully saturated rings. The van der Waals surface area contributed by atoms with E-state index in [0.717, 1.165) is 30.9 Å². The second-order valence-corrected chi connectivity index (χ2v) is 6.17. The molecule has 0 N–H and O–H groups in total. The van der Waals surface area contributed by atoms with Gasteiger partial charge in [0.2, 0.25) is 0 Å². The van der Waals surface area contributed by atoms with Crippen LogP contribution in [0.25, 0.3) is 0 Å². The molecular weight excluding hydrogens is 306 g/mol. The summed E-state index contributed by atoms with van der Waals surface area (Å²) in [7, 11) is 0. The quantitative estimate of drug-likeness (QED) is 0.579. The molecule has 0 saturated carbocycles. The summed E-state index contributed by atoms with van der Waals surface area (Å²) in [6.45, 7) is 7.26. The Bertz CT molecular complexity index is 697. The molecule has 25 heavy (non-hydrogen) atoms. The maximum absolute atomic E-state index is 5.90. The maximum Gasteiger partial charge on any atom is 0.119 e. The van der Waals surface area contributed by atoms with Crippen molar-refractivity contribution in [1.29, 1.82) is 0 Å². The van der Waals surface area contributed by atoms with E-state index in [-0.39, 0.29) is 0 Å². The summed E-state index contributed by atoms with van der Waals surface area (Å²) >= 11 is 0. The van der Waals surface area contributed by atoms with Crippen LogP contribution in [0.2, 0.25) is 0 Å². The van der Waals surface area contributed by atoms with E-state index in [9.17, 15) is 0 Å². The normalized spacial score (nSPS) is 10.8. The van der Waals surface area contributed by atoms with E-state index in [2.05, 4.69) is 72.5 Å². The fourth-order valence-corrected chi connectivity index (χ4v) is 2.78. The van der Waals surface area contributed by atoms with Crippen LogP contribution < -0.4 is 4.74 Å². The lowest BCUT2D eigenvalue weighted by Crippen LogP contribution is -2.27. The van der Waals surface area contributed by atoms with Crippen LogP contribution in [0.1, 0.15) is 16.7 Å². The number of nitrogens with zero attached hydrogens (tertiary/aromatic N) is 1. The second kappa shape index (κ2) is 9.05. The van der Waals surface area contributed by atoms with Gasteiger partial charge in [0.05, 0.1) is 0 Å². The minimum Gasteiger partial charge on any atom is -0.492 e. The highest BCUT2D eigenvalue weighted by molar-refractivity contribution is 5.28. The molecule has 0 saturated heterocycles. The molecule has 0 atom stereocenters. The molecule has 0 spiro atoms. The van der Waals surface area contributed by atoms with Gasteiger partial charge >= 0.3 is 0 Å². The Morgan fingerprint density at radius 3 is 1.72 bits per heavy atom. The van der Waals surface area contributed by atoms with Gasteiger partial charge in [-0.05, 0) is 35.7 Å². The van der Waals surface area contributed by atoms with E-state index in [1.807, 2.05) is 24.3 Å². The van der Waals surface area contributed by atoms with Crippen LogP contribution in [0.3, 0.4) is 0 Å². The van der Waals surface area contributed by atoms with Crippen LogP contribution in [0.15, 0.2) is 84.9 Å². The third-order valence-electron chi connectivity index (χ3n) is 4.10. The molecule has 0 aliphatic heterocycles. The van der Waals surface area contributed by atoms with Gasteiger partial charge in [-0.2, -0.15) is 0 Å². The number of hydrogen-bond acceptors (Lipinski definition) is 2. The van der Waals surface area contributed by atoms with Crippen LogP contribution in [0.4, 0.5) is 0 Å². The minimum atomic E-state index is 0.663. The molecular formula is C23H24NO. The first-order chi connectivity index (χ1) is 12.3. The zero-order valence-corrected chi connectivity index (χ0v) is 14.5. The molecule has 0 amide bonds. The second-order valence-electron chi connectivity index (χ2n) is 6.17. The molecule has 0 aliphatic rings. The van der Waals surface area contributed by atoms with Gasteiger partial charge in [-0.3, -0.25) is 4.90 Å². The average Bonchev–Trinajstić information content (AvgIpc) is 2.65. The molecule has 0 bridgehead atoms. The van der Waals surface area contributed by atoms with Crippen molar-refractivity contribution in [2.24, 2.45) is 0 Å². The fraction of sp³-hybridized carbons (Fsp3) is 0.174. The number of hydrogen-bond donors (Lipinski definition) is 0. The van der Waals surface area contributed by atoms with Gasteiger partial charge in [-0.1, -0.05) is 72.8 Å². The van der Waals surface area contributed by atoms with Gasteiger partial charge in [0.1, 0.15) is 12.4 Å². The predicted molar refractivity (Wildman–Crippen MR) is 103 cm³/mol. The highest BCUT2D eigenvalue weighted by atomic mass is 16.5. The van der Waals surface area contributed by atoms with E-state index >= 15 is 0 Å². The van der Waals surface area contributed by atoms with E-state index in [0.29, 0.717) is 6.61 Å². The van der Waals surface area contributed by atoms with E-state index in [1.165, 1.54) is 11.1 Å². The maximum atomic E-state index is 5.90. The van der Waals surface area contributed by atoms with Gasteiger partial charge < -0.3 is 4.74 Å². The molecule has 0 aliphatic carbocycles. The fourth-order valence-electron chi connectivity index (χ4n) is 2.78. The summed E-state index contributed by atoms with van der Waals surface area (Å²) in [6, 6.07) is 29.1. The van der Waals surface area contributed by atoms with Crippen molar-refractivity contribution in [3.63, 3.8) is 0 Å². The molecule has 3 rings (SSSR count). The highest BCUT2D eigenvalue weighted by Gasteiger charge is 2.07. The van der Waals surface area contributed by atoms with Crippen molar-refractivity contribution in [3.05, 3.63) is 109 Å². The molecule has 0 unspecified atom stereocenters. The third kappa shape index (κ3) is 5.77. The van der Waals surface area contributed by atoms with Crippen molar-refractivity contribution in [2.45, 2.75) is 13.1 Å². The van der Waals surface area contributed by atoms with Crippen molar-refractivity contribution >= 4 is 0 Å². The zero-order valence-electron chi connectivity index (χ0n) is 14.5. The van der Waals surface area contributed by atoms with Crippen molar-refractivity contribution in [3.8, 4) is 5.75 Å². The summed E-state index contributed by atoms with van der Waals surface area (Å²) in [5.41, 5.74) is 3.64. The molecule has 0 heterocycles. The van der Waals surface area contributed by atoms with Crippen LogP contribution in [0, 0.1) is 6.92 Å².